The van der Waals surface area contributed by atoms with Crippen LogP contribution in [0.3, 0.4) is 0 Å². The molecule has 1 aliphatic heterocycles. The average molecular weight is 425 g/mol. The lowest BCUT2D eigenvalue weighted by Gasteiger charge is -2.33. The number of esters is 1. The zero-order valence-corrected chi connectivity index (χ0v) is 17.7. The molecule has 0 spiro atoms. The summed E-state index contributed by atoms with van der Waals surface area (Å²) in [5, 5.41) is 2.65. The van der Waals surface area contributed by atoms with Crippen molar-refractivity contribution in [2.45, 2.75) is 56.9 Å². The first-order valence-corrected chi connectivity index (χ1v) is 11.3. The highest BCUT2D eigenvalue weighted by molar-refractivity contribution is 7.89. The van der Waals surface area contributed by atoms with Crippen LogP contribution < -0.4 is 5.32 Å². The molecule has 9 heteroatoms. The Kier molecular flexibility index (Phi) is 8.33. The van der Waals surface area contributed by atoms with Gasteiger partial charge in [0.1, 0.15) is 6.04 Å². The molecule has 1 N–H and O–H groups in total. The van der Waals surface area contributed by atoms with E-state index in [1.54, 1.807) is 0 Å². The Morgan fingerprint density at radius 2 is 1.86 bits per heavy atom. The van der Waals surface area contributed by atoms with Gasteiger partial charge in [-0.05, 0) is 44.7 Å². The van der Waals surface area contributed by atoms with E-state index in [1.165, 1.54) is 31.2 Å². The third-order valence-corrected chi connectivity index (χ3v) is 6.71. The first-order chi connectivity index (χ1) is 13.8. The Bertz CT molecular complexity index is 835. The van der Waals surface area contributed by atoms with E-state index in [0.29, 0.717) is 31.4 Å². The van der Waals surface area contributed by atoms with Crippen LogP contribution in [-0.2, 0) is 24.3 Å². The Morgan fingerprint density at radius 1 is 1.17 bits per heavy atom. The summed E-state index contributed by atoms with van der Waals surface area (Å²) >= 11 is 0. The van der Waals surface area contributed by atoms with Crippen LogP contribution in [0.15, 0.2) is 29.2 Å². The smallest absolute Gasteiger partial charge is 0.324 e. The second kappa shape index (κ2) is 10.5. The van der Waals surface area contributed by atoms with Crippen molar-refractivity contribution >= 4 is 27.7 Å². The van der Waals surface area contributed by atoms with Crippen LogP contribution in [0, 0.1) is 0 Å². The Labute approximate surface area is 171 Å². The Balaban J connectivity index is 2.08. The Morgan fingerprint density at radius 3 is 2.48 bits per heavy atom. The number of amides is 1. The summed E-state index contributed by atoms with van der Waals surface area (Å²) in [6.45, 7) is 3.67. The third-order valence-electron chi connectivity index (χ3n) is 4.79. The molecule has 2 rings (SSSR count). The fraction of sp³-hybridized carbons (Fsp3) is 0.550. The summed E-state index contributed by atoms with van der Waals surface area (Å²) in [6, 6.07) is 4.67. The van der Waals surface area contributed by atoms with Gasteiger partial charge < -0.3 is 10.1 Å². The number of unbranched alkanes of at least 4 members (excludes halogenated alkanes) is 1. The monoisotopic (exact) mass is 424 g/mol. The van der Waals surface area contributed by atoms with E-state index in [1.807, 2.05) is 6.92 Å². The normalized spacial score (nSPS) is 17.5. The van der Waals surface area contributed by atoms with Gasteiger partial charge in [0.2, 0.25) is 10.0 Å². The van der Waals surface area contributed by atoms with Crippen LogP contribution in [0.5, 0.6) is 0 Å². The van der Waals surface area contributed by atoms with E-state index in [4.69, 9.17) is 4.74 Å². The van der Waals surface area contributed by atoms with E-state index in [2.05, 4.69) is 5.32 Å². The molecule has 1 saturated heterocycles. The summed E-state index contributed by atoms with van der Waals surface area (Å²) in [5.41, 5.74) is 0.410. The van der Waals surface area contributed by atoms with Crippen molar-refractivity contribution in [1.29, 1.82) is 0 Å². The topological polar surface area (TPSA) is 110 Å². The van der Waals surface area contributed by atoms with E-state index in [-0.39, 0.29) is 17.2 Å². The van der Waals surface area contributed by atoms with Crippen molar-refractivity contribution in [3.63, 3.8) is 0 Å². The third kappa shape index (κ3) is 6.11. The van der Waals surface area contributed by atoms with Gasteiger partial charge in [-0.1, -0.05) is 25.5 Å². The predicted octanol–water partition coefficient (Wildman–Crippen LogP) is 1.89. The average Bonchev–Trinajstić information content (AvgIpc) is 2.72. The first-order valence-electron chi connectivity index (χ1n) is 9.83. The van der Waals surface area contributed by atoms with Gasteiger partial charge in [0.05, 0.1) is 4.90 Å². The molecule has 1 heterocycles. The number of hydrogen-bond acceptors (Lipinski definition) is 6. The summed E-state index contributed by atoms with van der Waals surface area (Å²) in [5.74, 6) is -1.29. The van der Waals surface area contributed by atoms with Crippen molar-refractivity contribution < 1.29 is 27.5 Å². The molecule has 1 amide bonds. The second-order valence-corrected chi connectivity index (χ2v) is 8.91. The van der Waals surface area contributed by atoms with Crippen molar-refractivity contribution in [2.75, 3.05) is 19.7 Å². The number of sulfonamides is 1. The maximum absolute atomic E-state index is 13.0. The van der Waals surface area contributed by atoms with Crippen LogP contribution in [0.2, 0.25) is 0 Å². The zero-order valence-electron chi connectivity index (χ0n) is 16.8. The predicted molar refractivity (Wildman–Crippen MR) is 107 cm³/mol. The van der Waals surface area contributed by atoms with Gasteiger partial charge in [-0.25, -0.2) is 8.42 Å². The molecule has 1 aromatic rings. The number of hydrogen-bond donors (Lipinski definition) is 1. The van der Waals surface area contributed by atoms with Gasteiger partial charge in [-0.3, -0.25) is 14.4 Å². The summed E-state index contributed by atoms with van der Waals surface area (Å²) in [7, 11) is -3.93. The van der Waals surface area contributed by atoms with Crippen LogP contribution in [-0.4, -0.2) is 56.1 Å². The van der Waals surface area contributed by atoms with E-state index >= 15 is 0 Å². The molecule has 0 aromatic heterocycles. The van der Waals surface area contributed by atoms with Crippen LogP contribution in [0.4, 0.5) is 0 Å². The fourth-order valence-electron chi connectivity index (χ4n) is 3.11. The molecule has 29 heavy (non-hydrogen) atoms. The van der Waals surface area contributed by atoms with Crippen LogP contribution in [0.1, 0.15) is 56.3 Å². The van der Waals surface area contributed by atoms with Crippen molar-refractivity contribution in [2.24, 2.45) is 0 Å². The number of nitrogens with one attached hydrogen (secondary N) is 1. The van der Waals surface area contributed by atoms with Crippen LogP contribution >= 0.6 is 0 Å². The quantitative estimate of drug-likeness (QED) is 0.368. The summed E-state index contributed by atoms with van der Waals surface area (Å²) in [6.07, 6.45) is 3.42. The molecule has 0 bridgehead atoms. The SMILES string of the molecule is CCCCNC(=O)COC(=O)C1CCCCN1S(=O)(=O)c1ccc(C(C)=O)cc1. The lowest BCUT2D eigenvalue weighted by Crippen LogP contribution is -2.49. The minimum absolute atomic E-state index is 0.0134. The second-order valence-electron chi connectivity index (χ2n) is 7.02. The number of Topliss-reactive ketones (excluding diaryl/α,β-unsaturated/α-hetero) is 1. The van der Waals surface area contributed by atoms with Crippen molar-refractivity contribution in [3.8, 4) is 0 Å². The lowest BCUT2D eigenvalue weighted by molar-refractivity contribution is -0.153. The van der Waals surface area contributed by atoms with Crippen molar-refractivity contribution in [3.05, 3.63) is 29.8 Å². The molecule has 8 nitrogen and oxygen atoms in total. The first kappa shape index (κ1) is 23.0. The standard InChI is InChI=1S/C20H28N2O6S/c1-3-4-12-21-19(24)14-28-20(25)18-7-5-6-13-22(18)29(26,27)17-10-8-16(9-11-17)15(2)23/h8-11,18H,3-7,12-14H2,1-2H3,(H,21,24). The van der Waals surface area contributed by atoms with Gasteiger partial charge >= 0.3 is 5.97 Å². The molecular formula is C20H28N2O6S. The van der Waals surface area contributed by atoms with Gasteiger partial charge in [-0.15, -0.1) is 0 Å². The van der Waals surface area contributed by atoms with Gasteiger partial charge in [0.15, 0.2) is 12.4 Å². The molecule has 1 fully saturated rings. The molecule has 1 aliphatic rings. The highest BCUT2D eigenvalue weighted by atomic mass is 32.2. The van der Waals surface area contributed by atoms with Crippen molar-refractivity contribution in [1.82, 2.24) is 9.62 Å². The summed E-state index contributed by atoms with van der Waals surface area (Å²) in [4.78, 5) is 35.7. The molecule has 0 radical (unpaired) electrons. The van der Waals surface area contributed by atoms with E-state index in [0.717, 1.165) is 17.1 Å². The number of ether oxygens (including phenoxy) is 1. The molecule has 160 valence electrons. The van der Waals surface area contributed by atoms with E-state index < -0.39 is 34.5 Å². The van der Waals surface area contributed by atoms with Gasteiger partial charge in [-0.2, -0.15) is 4.31 Å². The number of benzene rings is 1. The molecular weight excluding hydrogens is 396 g/mol. The maximum Gasteiger partial charge on any atom is 0.324 e. The number of rotatable bonds is 9. The molecule has 0 aliphatic carbocycles. The molecule has 0 saturated carbocycles. The Hall–Kier alpha value is -2.26. The fourth-order valence-corrected chi connectivity index (χ4v) is 4.76. The number of ketones is 1. The van der Waals surface area contributed by atoms with Gasteiger partial charge in [0, 0.05) is 18.7 Å². The number of nitrogens with zero attached hydrogens (tertiary/aromatic N) is 1. The number of piperidine rings is 1. The maximum atomic E-state index is 13.0. The number of carbonyl (C=O) groups excluding carboxylic acids is 3. The van der Waals surface area contributed by atoms with Crippen LogP contribution in [0.25, 0.3) is 0 Å². The highest BCUT2D eigenvalue weighted by Crippen LogP contribution is 2.26. The van der Waals surface area contributed by atoms with Gasteiger partial charge in [0.25, 0.3) is 5.91 Å². The minimum Gasteiger partial charge on any atom is -0.454 e. The molecule has 1 atom stereocenters. The molecule has 1 unspecified atom stereocenters. The minimum atomic E-state index is -3.93. The summed E-state index contributed by atoms with van der Waals surface area (Å²) < 4.78 is 32.3. The van der Waals surface area contributed by atoms with E-state index in [9.17, 15) is 22.8 Å². The lowest BCUT2D eigenvalue weighted by atomic mass is 10.1. The number of carbonyl (C=O) groups is 3. The largest absolute Gasteiger partial charge is 0.454 e. The zero-order chi connectivity index (χ0) is 21.4. The highest BCUT2D eigenvalue weighted by Gasteiger charge is 2.38. The molecule has 1 aromatic carbocycles.